The van der Waals surface area contributed by atoms with Gasteiger partial charge in [0, 0.05) is 24.9 Å². The molecule has 1 aromatic rings. The van der Waals surface area contributed by atoms with E-state index in [1.807, 2.05) is 30.3 Å². The molecule has 0 atom stereocenters. The van der Waals surface area contributed by atoms with Gasteiger partial charge in [-0.15, -0.1) is 0 Å². The van der Waals surface area contributed by atoms with Crippen LogP contribution in [0.5, 0.6) is 0 Å². The minimum absolute atomic E-state index is 0.00549. The van der Waals surface area contributed by atoms with E-state index in [1.54, 1.807) is 4.90 Å². The second kappa shape index (κ2) is 5.10. The van der Waals surface area contributed by atoms with Crippen LogP contribution in [0, 0.1) is 5.41 Å². The van der Waals surface area contributed by atoms with Crippen molar-refractivity contribution in [3.8, 4) is 0 Å². The van der Waals surface area contributed by atoms with Gasteiger partial charge in [-0.1, -0.05) is 29.8 Å². The van der Waals surface area contributed by atoms with E-state index in [0.717, 1.165) is 5.69 Å². The number of amidine groups is 1. The molecule has 1 heterocycles. The summed E-state index contributed by atoms with van der Waals surface area (Å²) in [6.45, 7) is 0.995. The van der Waals surface area contributed by atoms with Crippen molar-refractivity contribution >= 4 is 29.2 Å². The Balaban J connectivity index is 2.15. The van der Waals surface area contributed by atoms with Crippen LogP contribution in [0.25, 0.3) is 0 Å². The number of hydrogen-bond acceptors (Lipinski definition) is 3. The third-order valence-corrected chi connectivity index (χ3v) is 2.75. The number of benzene rings is 1. The van der Waals surface area contributed by atoms with E-state index in [9.17, 15) is 4.79 Å². The predicted molar refractivity (Wildman–Crippen MR) is 71.7 cm³/mol. The van der Waals surface area contributed by atoms with E-state index in [4.69, 9.17) is 22.7 Å². The second-order valence-corrected chi connectivity index (χ2v) is 4.27. The highest BCUT2D eigenvalue weighted by Crippen LogP contribution is 2.20. The zero-order valence-electron chi connectivity index (χ0n) is 9.64. The summed E-state index contributed by atoms with van der Waals surface area (Å²) >= 11 is 5.50. The summed E-state index contributed by atoms with van der Waals surface area (Å²) in [5, 5.41) is 7.73. The minimum atomic E-state index is -0.236. The number of urea groups is 1. The number of carbonyl (C=O) groups excluding carboxylic acids is 1. The molecule has 94 valence electrons. The summed E-state index contributed by atoms with van der Waals surface area (Å²) in [4.78, 5) is 15.1. The molecule has 0 aromatic heterocycles. The monoisotopic (exact) mass is 264 g/mol. The van der Waals surface area contributed by atoms with Crippen molar-refractivity contribution in [2.24, 2.45) is 5.73 Å². The maximum Gasteiger partial charge on any atom is 0.330 e. The third kappa shape index (κ3) is 2.46. The molecule has 1 aromatic carbocycles. The summed E-state index contributed by atoms with van der Waals surface area (Å²) in [6, 6.07) is 9.11. The van der Waals surface area contributed by atoms with Crippen molar-refractivity contribution in [1.29, 1.82) is 5.41 Å². The Bertz CT molecular complexity index is 496. The number of anilines is 1. The maximum atomic E-state index is 12.1. The van der Waals surface area contributed by atoms with Crippen molar-refractivity contribution in [2.45, 2.75) is 0 Å². The lowest BCUT2D eigenvalue weighted by Gasteiger charge is -2.17. The summed E-state index contributed by atoms with van der Waals surface area (Å²) in [7, 11) is 0. The first-order chi connectivity index (χ1) is 8.59. The molecular formula is C12H13ClN4O. The first kappa shape index (κ1) is 12.4. The summed E-state index contributed by atoms with van der Waals surface area (Å²) in [5.41, 5.74) is 6.11. The van der Waals surface area contributed by atoms with Crippen molar-refractivity contribution < 1.29 is 4.79 Å². The highest BCUT2D eigenvalue weighted by Gasteiger charge is 2.31. The molecule has 3 N–H and O–H groups in total. The molecule has 0 saturated carbocycles. The lowest BCUT2D eigenvalue weighted by atomic mass is 10.3. The summed E-state index contributed by atoms with van der Waals surface area (Å²) < 4.78 is 0. The quantitative estimate of drug-likeness (QED) is 0.487. The van der Waals surface area contributed by atoms with Crippen LogP contribution in [0.15, 0.2) is 41.6 Å². The van der Waals surface area contributed by atoms with Crippen molar-refractivity contribution in [3.05, 3.63) is 41.6 Å². The molecule has 0 unspecified atom stereocenters. The highest BCUT2D eigenvalue weighted by molar-refractivity contribution is 6.30. The number of rotatable bonds is 2. The molecule has 5 nitrogen and oxygen atoms in total. The zero-order valence-corrected chi connectivity index (χ0v) is 10.4. The van der Waals surface area contributed by atoms with Crippen LogP contribution < -0.4 is 10.6 Å². The van der Waals surface area contributed by atoms with Crippen LogP contribution in [-0.2, 0) is 0 Å². The predicted octanol–water partition coefficient (Wildman–Crippen LogP) is 1.94. The average molecular weight is 265 g/mol. The van der Waals surface area contributed by atoms with Gasteiger partial charge in [0.25, 0.3) is 0 Å². The van der Waals surface area contributed by atoms with Crippen LogP contribution >= 0.6 is 11.6 Å². The van der Waals surface area contributed by atoms with E-state index in [1.165, 1.54) is 11.0 Å². The third-order valence-electron chi connectivity index (χ3n) is 2.64. The lowest BCUT2D eigenvalue weighted by Crippen LogP contribution is -2.35. The standard InChI is InChI=1S/C12H13ClN4O/c13-10(14)8-11(15)17-7-6-16(12(17)18)9-4-2-1-3-5-9/h1-5,8,15H,6-7,14H2. The molecule has 0 bridgehead atoms. The van der Waals surface area contributed by atoms with Crippen molar-refractivity contribution in [1.82, 2.24) is 4.90 Å². The summed E-state index contributed by atoms with van der Waals surface area (Å²) in [5.74, 6) is 0.00549. The minimum Gasteiger partial charge on any atom is -0.389 e. The van der Waals surface area contributed by atoms with Gasteiger partial charge in [-0.3, -0.25) is 15.2 Å². The number of nitrogens with two attached hydrogens (primary N) is 1. The lowest BCUT2D eigenvalue weighted by molar-refractivity contribution is 0.238. The first-order valence-corrected chi connectivity index (χ1v) is 5.82. The maximum absolute atomic E-state index is 12.1. The van der Waals surface area contributed by atoms with E-state index in [-0.39, 0.29) is 17.0 Å². The van der Waals surface area contributed by atoms with Gasteiger partial charge in [-0.05, 0) is 12.1 Å². The van der Waals surface area contributed by atoms with E-state index in [2.05, 4.69) is 0 Å². The SMILES string of the molecule is N=C(C=C(N)Cl)N1CCN(c2ccccc2)C1=O. The van der Waals surface area contributed by atoms with Gasteiger partial charge < -0.3 is 5.73 Å². The Morgan fingerprint density at radius 2 is 2.00 bits per heavy atom. The molecule has 1 aliphatic rings. The van der Waals surface area contributed by atoms with Gasteiger partial charge in [0.05, 0.1) is 0 Å². The van der Waals surface area contributed by atoms with Crippen LogP contribution in [0.3, 0.4) is 0 Å². The van der Waals surface area contributed by atoms with Gasteiger partial charge in [-0.2, -0.15) is 0 Å². The topological polar surface area (TPSA) is 73.4 Å². The Kier molecular flexibility index (Phi) is 3.53. The number of nitrogens with one attached hydrogen (secondary N) is 1. The normalized spacial score (nSPS) is 16.3. The fraction of sp³-hybridized carbons (Fsp3) is 0.167. The molecule has 0 aliphatic carbocycles. The van der Waals surface area contributed by atoms with E-state index >= 15 is 0 Å². The van der Waals surface area contributed by atoms with E-state index in [0.29, 0.717) is 13.1 Å². The number of carbonyl (C=O) groups is 1. The fourth-order valence-corrected chi connectivity index (χ4v) is 1.92. The first-order valence-electron chi connectivity index (χ1n) is 5.45. The number of para-hydroxylation sites is 1. The molecule has 1 saturated heterocycles. The van der Waals surface area contributed by atoms with Crippen LogP contribution in [0.1, 0.15) is 0 Å². The highest BCUT2D eigenvalue weighted by atomic mass is 35.5. The number of nitrogens with zero attached hydrogens (tertiary/aromatic N) is 2. The second-order valence-electron chi connectivity index (χ2n) is 3.84. The molecule has 18 heavy (non-hydrogen) atoms. The van der Waals surface area contributed by atoms with Gasteiger partial charge in [-0.25, -0.2) is 4.79 Å². The van der Waals surface area contributed by atoms with Gasteiger partial charge in [0.15, 0.2) is 0 Å². The molecular weight excluding hydrogens is 252 g/mol. The van der Waals surface area contributed by atoms with Gasteiger partial charge in [0.1, 0.15) is 11.0 Å². The average Bonchev–Trinajstić information content (AvgIpc) is 2.71. The van der Waals surface area contributed by atoms with Crippen LogP contribution in [0.2, 0.25) is 0 Å². The molecule has 2 amide bonds. The number of halogens is 1. The Labute approximate surface area is 110 Å². The van der Waals surface area contributed by atoms with E-state index < -0.39 is 0 Å². The molecule has 1 fully saturated rings. The molecule has 2 rings (SSSR count). The van der Waals surface area contributed by atoms with Crippen LogP contribution in [-0.4, -0.2) is 29.9 Å². The Morgan fingerprint density at radius 1 is 1.33 bits per heavy atom. The van der Waals surface area contributed by atoms with Gasteiger partial charge in [0.2, 0.25) is 0 Å². The number of amides is 2. The molecule has 0 spiro atoms. The number of hydrogen-bond donors (Lipinski definition) is 2. The van der Waals surface area contributed by atoms with Crippen LogP contribution in [0.4, 0.5) is 10.5 Å². The Hall–Kier alpha value is -2.01. The van der Waals surface area contributed by atoms with Crippen molar-refractivity contribution in [2.75, 3.05) is 18.0 Å². The fourth-order valence-electron chi connectivity index (χ4n) is 1.82. The molecule has 1 aliphatic heterocycles. The van der Waals surface area contributed by atoms with Crippen molar-refractivity contribution in [3.63, 3.8) is 0 Å². The smallest absolute Gasteiger partial charge is 0.330 e. The van der Waals surface area contributed by atoms with Gasteiger partial charge >= 0.3 is 6.03 Å². The molecule has 6 heteroatoms. The summed E-state index contributed by atoms with van der Waals surface area (Å²) in [6.07, 6.45) is 1.26. The largest absolute Gasteiger partial charge is 0.389 e. The zero-order chi connectivity index (χ0) is 13.1. The molecule has 0 radical (unpaired) electrons. The Morgan fingerprint density at radius 3 is 2.61 bits per heavy atom.